The number of hydrogen-bond acceptors (Lipinski definition) is 6. The predicted molar refractivity (Wildman–Crippen MR) is 104 cm³/mol. The maximum absolute atomic E-state index is 12.9. The Labute approximate surface area is 160 Å². The molecule has 3 heterocycles. The third-order valence-electron chi connectivity index (χ3n) is 5.10. The van der Waals surface area contributed by atoms with Gasteiger partial charge in [0, 0.05) is 12.5 Å². The van der Waals surface area contributed by atoms with Crippen molar-refractivity contribution in [1.82, 2.24) is 15.7 Å². The summed E-state index contributed by atoms with van der Waals surface area (Å²) in [6.07, 6.45) is 0.726. The zero-order valence-corrected chi connectivity index (χ0v) is 15.3. The smallest absolute Gasteiger partial charge is 0.257 e. The van der Waals surface area contributed by atoms with E-state index < -0.39 is 5.92 Å². The van der Waals surface area contributed by atoms with Crippen LogP contribution < -0.4 is 15.8 Å². The van der Waals surface area contributed by atoms with Gasteiger partial charge in [0.15, 0.2) is 0 Å². The molecule has 0 spiro atoms. The number of thiazole rings is 1. The number of fused-ring (bicyclic) bond motifs is 2. The highest BCUT2D eigenvalue weighted by molar-refractivity contribution is 7.22. The number of piperidine rings is 1. The second-order valence-corrected chi connectivity index (χ2v) is 7.96. The van der Waals surface area contributed by atoms with Gasteiger partial charge in [-0.05, 0) is 24.1 Å². The fraction of sp³-hybridized carbons (Fsp3) is 0.250. The Morgan fingerprint density at radius 1 is 1.07 bits per heavy atom. The molecule has 0 bridgehead atoms. The van der Waals surface area contributed by atoms with Crippen molar-refractivity contribution in [2.24, 2.45) is 5.92 Å². The summed E-state index contributed by atoms with van der Waals surface area (Å²) in [5.74, 6) is -0.931. The third-order valence-corrected chi connectivity index (χ3v) is 6.12. The summed E-state index contributed by atoms with van der Waals surface area (Å²) in [7, 11) is 0. The molecule has 0 saturated carbocycles. The molecule has 3 aromatic rings. The number of rotatable bonds is 3. The molecule has 6 nitrogen and oxygen atoms in total. The van der Waals surface area contributed by atoms with Crippen LogP contribution in [0.5, 0.6) is 0 Å². The number of nitrogens with zero attached hydrogens (tertiary/aromatic N) is 2. The number of Topliss-reactive ketones (excluding diaryl/α,β-unsaturated/α-hetero) is 1. The van der Waals surface area contributed by atoms with Gasteiger partial charge in [-0.2, -0.15) is 0 Å². The first kappa shape index (κ1) is 16.6. The summed E-state index contributed by atoms with van der Waals surface area (Å²) in [6.45, 7) is 0. The number of benzene rings is 2. The van der Waals surface area contributed by atoms with E-state index in [1.165, 1.54) is 21.9 Å². The maximum Gasteiger partial charge on any atom is 0.257 e. The molecule has 0 radical (unpaired) electrons. The third kappa shape index (κ3) is 2.93. The minimum Gasteiger partial charge on any atom is -0.299 e. The second-order valence-electron chi connectivity index (χ2n) is 6.95. The standard InChI is InChI=1S/C20H18N4O2S/c25-15-11-13(10-12-6-2-1-3-7-12)21-18-17(15)19(26)24(23-18)20-22-14-8-4-5-9-16(14)27-20/h1-9,13,17-18,21,23H,10-11H2. The van der Waals surface area contributed by atoms with E-state index in [0.717, 1.165) is 16.6 Å². The average molecular weight is 378 g/mol. The van der Waals surface area contributed by atoms with Gasteiger partial charge >= 0.3 is 0 Å². The number of carbonyl (C=O) groups is 2. The summed E-state index contributed by atoms with van der Waals surface area (Å²) < 4.78 is 1.01. The van der Waals surface area contributed by atoms with Crippen LogP contribution in [0.4, 0.5) is 5.13 Å². The SMILES string of the molecule is O=C1CC(Cc2ccccc2)NC2NN(c3nc4ccccc4s3)C(=O)C12. The lowest BCUT2D eigenvalue weighted by Crippen LogP contribution is -2.56. The highest BCUT2D eigenvalue weighted by atomic mass is 32.1. The van der Waals surface area contributed by atoms with Crippen LogP contribution in [0.3, 0.4) is 0 Å². The zero-order valence-electron chi connectivity index (χ0n) is 14.5. The minimum absolute atomic E-state index is 0.0109. The van der Waals surface area contributed by atoms with Crippen molar-refractivity contribution >= 4 is 38.4 Å². The molecule has 2 aromatic carbocycles. The molecule has 2 aliphatic heterocycles. The van der Waals surface area contributed by atoms with Gasteiger partial charge in [0.05, 0.1) is 16.4 Å². The first-order valence-corrected chi connectivity index (χ1v) is 9.79. The predicted octanol–water partition coefficient (Wildman–Crippen LogP) is 2.26. The molecule has 3 unspecified atom stereocenters. The van der Waals surface area contributed by atoms with Crippen LogP contribution in [-0.4, -0.2) is 28.9 Å². The van der Waals surface area contributed by atoms with Gasteiger partial charge in [-0.1, -0.05) is 53.8 Å². The van der Waals surface area contributed by atoms with E-state index >= 15 is 0 Å². The number of aromatic nitrogens is 1. The highest BCUT2D eigenvalue weighted by Gasteiger charge is 2.49. The van der Waals surface area contributed by atoms with E-state index in [1.807, 2.05) is 42.5 Å². The number of para-hydroxylation sites is 1. The van der Waals surface area contributed by atoms with Gasteiger partial charge in [0.1, 0.15) is 11.7 Å². The molecule has 2 N–H and O–H groups in total. The van der Waals surface area contributed by atoms with Crippen molar-refractivity contribution in [1.29, 1.82) is 0 Å². The van der Waals surface area contributed by atoms with Crippen LogP contribution in [0.15, 0.2) is 54.6 Å². The monoisotopic (exact) mass is 378 g/mol. The van der Waals surface area contributed by atoms with Crippen LogP contribution >= 0.6 is 11.3 Å². The summed E-state index contributed by atoms with van der Waals surface area (Å²) in [6, 6.07) is 17.9. The van der Waals surface area contributed by atoms with Gasteiger partial charge < -0.3 is 0 Å². The number of hydrazine groups is 1. The average Bonchev–Trinajstić information content (AvgIpc) is 3.23. The highest BCUT2D eigenvalue weighted by Crippen LogP contribution is 2.33. The van der Waals surface area contributed by atoms with Crippen molar-refractivity contribution in [3.8, 4) is 0 Å². The maximum atomic E-state index is 12.9. The van der Waals surface area contributed by atoms with Gasteiger partial charge in [-0.3, -0.25) is 14.9 Å². The lowest BCUT2D eigenvalue weighted by Gasteiger charge is -2.30. The Bertz CT molecular complexity index is 986. The van der Waals surface area contributed by atoms with E-state index in [2.05, 4.69) is 27.9 Å². The normalized spacial score (nSPS) is 25.2. The molecule has 0 aliphatic carbocycles. The van der Waals surface area contributed by atoms with Gasteiger partial charge in [-0.15, -0.1) is 0 Å². The van der Waals surface area contributed by atoms with E-state index in [1.54, 1.807) is 0 Å². The van der Waals surface area contributed by atoms with E-state index in [-0.39, 0.29) is 23.9 Å². The minimum atomic E-state index is -0.691. The zero-order chi connectivity index (χ0) is 18.4. The Kier molecular flexibility index (Phi) is 4.00. The number of amides is 1. The summed E-state index contributed by atoms with van der Waals surface area (Å²) in [5, 5.41) is 5.45. The molecule has 1 aromatic heterocycles. The molecule has 1 amide bonds. The van der Waals surface area contributed by atoms with Crippen molar-refractivity contribution in [2.75, 3.05) is 5.01 Å². The topological polar surface area (TPSA) is 74.3 Å². The van der Waals surface area contributed by atoms with Crippen LogP contribution in [0.1, 0.15) is 12.0 Å². The second kappa shape index (κ2) is 6.53. The first-order chi connectivity index (χ1) is 13.2. The van der Waals surface area contributed by atoms with Crippen molar-refractivity contribution < 1.29 is 9.59 Å². The molecule has 5 rings (SSSR count). The van der Waals surface area contributed by atoms with Gasteiger partial charge in [-0.25, -0.2) is 15.4 Å². The number of anilines is 1. The number of nitrogens with one attached hydrogen (secondary N) is 2. The van der Waals surface area contributed by atoms with E-state index in [9.17, 15) is 9.59 Å². The molecule has 2 aliphatic rings. The fourth-order valence-corrected chi connectivity index (χ4v) is 4.77. The Morgan fingerprint density at radius 3 is 2.67 bits per heavy atom. The quantitative estimate of drug-likeness (QED) is 0.684. The number of hydrogen-bond donors (Lipinski definition) is 2. The van der Waals surface area contributed by atoms with Crippen LogP contribution in [0.25, 0.3) is 10.2 Å². The molecule has 136 valence electrons. The fourth-order valence-electron chi connectivity index (χ4n) is 3.83. The molecule has 27 heavy (non-hydrogen) atoms. The molecular weight excluding hydrogens is 360 g/mol. The molecular formula is C20H18N4O2S. The van der Waals surface area contributed by atoms with E-state index in [4.69, 9.17) is 0 Å². The lowest BCUT2D eigenvalue weighted by molar-refractivity contribution is -0.133. The number of carbonyl (C=O) groups excluding carboxylic acids is 2. The molecule has 2 saturated heterocycles. The van der Waals surface area contributed by atoms with Gasteiger partial charge in [0.2, 0.25) is 5.13 Å². The lowest BCUT2D eigenvalue weighted by atomic mass is 9.88. The van der Waals surface area contributed by atoms with E-state index in [0.29, 0.717) is 11.6 Å². The number of ketones is 1. The van der Waals surface area contributed by atoms with Crippen molar-refractivity contribution in [3.05, 3.63) is 60.2 Å². The van der Waals surface area contributed by atoms with Gasteiger partial charge in [0.25, 0.3) is 5.91 Å². The first-order valence-electron chi connectivity index (χ1n) is 8.97. The van der Waals surface area contributed by atoms with Crippen molar-refractivity contribution in [3.63, 3.8) is 0 Å². The Hall–Kier alpha value is -2.61. The molecule has 2 fully saturated rings. The Balaban J connectivity index is 1.37. The van der Waals surface area contributed by atoms with Crippen LogP contribution in [-0.2, 0) is 16.0 Å². The summed E-state index contributed by atoms with van der Waals surface area (Å²) in [4.78, 5) is 30.1. The van der Waals surface area contributed by atoms with Crippen LogP contribution in [0, 0.1) is 5.92 Å². The largest absolute Gasteiger partial charge is 0.299 e. The van der Waals surface area contributed by atoms with Crippen LogP contribution in [0.2, 0.25) is 0 Å². The summed E-state index contributed by atoms with van der Waals surface area (Å²) >= 11 is 1.44. The molecule has 7 heteroatoms. The Morgan fingerprint density at radius 2 is 1.85 bits per heavy atom. The summed E-state index contributed by atoms with van der Waals surface area (Å²) in [5.41, 5.74) is 5.19. The molecule has 3 atom stereocenters. The van der Waals surface area contributed by atoms with Crippen molar-refractivity contribution in [2.45, 2.75) is 25.0 Å².